The second-order valence-corrected chi connectivity index (χ2v) is 7.78. The standard InChI is InChI=1S/C16H34N2/c1-12(2)14(13(3)4)10-18-9-8-17-15(11-18)16(5,6)7/h12-15,17H,8-11H2,1-7H3. The van der Waals surface area contributed by atoms with Crippen molar-refractivity contribution in [3.63, 3.8) is 0 Å². The first-order valence-electron chi connectivity index (χ1n) is 7.67. The fraction of sp³-hybridized carbons (Fsp3) is 1.00. The van der Waals surface area contributed by atoms with E-state index in [0.717, 1.165) is 24.3 Å². The van der Waals surface area contributed by atoms with Crippen molar-refractivity contribution in [2.24, 2.45) is 23.2 Å². The minimum Gasteiger partial charge on any atom is -0.311 e. The van der Waals surface area contributed by atoms with Gasteiger partial charge in [-0.25, -0.2) is 0 Å². The van der Waals surface area contributed by atoms with Crippen molar-refractivity contribution in [2.75, 3.05) is 26.2 Å². The van der Waals surface area contributed by atoms with Crippen molar-refractivity contribution in [1.82, 2.24) is 10.2 Å². The molecule has 1 N–H and O–H groups in total. The summed E-state index contributed by atoms with van der Waals surface area (Å²) in [5.74, 6) is 2.39. The molecule has 0 aliphatic carbocycles. The molecule has 108 valence electrons. The van der Waals surface area contributed by atoms with E-state index in [4.69, 9.17) is 0 Å². The molecule has 1 aliphatic rings. The summed E-state index contributed by atoms with van der Waals surface area (Å²) in [5, 5.41) is 3.68. The highest BCUT2D eigenvalue weighted by atomic mass is 15.2. The van der Waals surface area contributed by atoms with Crippen LogP contribution in [0.3, 0.4) is 0 Å². The van der Waals surface area contributed by atoms with E-state index in [-0.39, 0.29) is 0 Å². The van der Waals surface area contributed by atoms with E-state index in [9.17, 15) is 0 Å². The molecule has 1 aliphatic heterocycles. The predicted octanol–water partition coefficient (Wildman–Crippen LogP) is 3.23. The Labute approximate surface area is 115 Å². The minimum atomic E-state index is 0.365. The van der Waals surface area contributed by atoms with Gasteiger partial charge in [0, 0.05) is 32.2 Å². The summed E-state index contributed by atoms with van der Waals surface area (Å²) in [7, 11) is 0. The summed E-state index contributed by atoms with van der Waals surface area (Å²) >= 11 is 0. The van der Waals surface area contributed by atoms with Crippen LogP contribution < -0.4 is 5.32 Å². The van der Waals surface area contributed by atoms with Crippen molar-refractivity contribution in [3.8, 4) is 0 Å². The van der Waals surface area contributed by atoms with Crippen LogP contribution in [0.25, 0.3) is 0 Å². The zero-order valence-electron chi connectivity index (χ0n) is 13.6. The van der Waals surface area contributed by atoms with Crippen LogP contribution in [-0.4, -0.2) is 37.1 Å². The number of hydrogen-bond donors (Lipinski definition) is 1. The van der Waals surface area contributed by atoms with Crippen LogP contribution in [0.15, 0.2) is 0 Å². The molecule has 1 fully saturated rings. The summed E-state index contributed by atoms with van der Waals surface area (Å²) in [4.78, 5) is 2.68. The lowest BCUT2D eigenvalue weighted by Gasteiger charge is -2.42. The quantitative estimate of drug-likeness (QED) is 0.828. The van der Waals surface area contributed by atoms with E-state index >= 15 is 0 Å². The van der Waals surface area contributed by atoms with Crippen LogP contribution in [-0.2, 0) is 0 Å². The molecular formula is C16H34N2. The Kier molecular flexibility index (Phi) is 5.67. The van der Waals surface area contributed by atoms with Crippen LogP contribution in [0.2, 0.25) is 0 Å². The third kappa shape index (κ3) is 4.55. The monoisotopic (exact) mass is 254 g/mol. The second kappa shape index (κ2) is 6.38. The molecule has 0 aromatic rings. The second-order valence-electron chi connectivity index (χ2n) is 7.78. The summed E-state index contributed by atoms with van der Waals surface area (Å²) in [6.45, 7) is 21.3. The van der Waals surface area contributed by atoms with Crippen LogP contribution in [0.1, 0.15) is 48.5 Å². The van der Waals surface area contributed by atoms with Gasteiger partial charge in [0.25, 0.3) is 0 Å². The average Bonchev–Trinajstić information content (AvgIpc) is 2.24. The number of nitrogens with zero attached hydrogens (tertiary/aromatic N) is 1. The van der Waals surface area contributed by atoms with Crippen molar-refractivity contribution >= 4 is 0 Å². The van der Waals surface area contributed by atoms with Crippen LogP contribution in [0.5, 0.6) is 0 Å². The zero-order valence-corrected chi connectivity index (χ0v) is 13.6. The molecule has 1 heterocycles. The summed E-state index contributed by atoms with van der Waals surface area (Å²) in [5.41, 5.74) is 0.365. The summed E-state index contributed by atoms with van der Waals surface area (Å²) < 4.78 is 0. The molecule has 0 amide bonds. The van der Waals surface area contributed by atoms with Crippen LogP contribution in [0.4, 0.5) is 0 Å². The highest BCUT2D eigenvalue weighted by molar-refractivity contribution is 4.88. The Bertz CT molecular complexity index is 232. The number of nitrogens with one attached hydrogen (secondary N) is 1. The van der Waals surface area contributed by atoms with Gasteiger partial charge in [-0.2, -0.15) is 0 Å². The number of piperazine rings is 1. The van der Waals surface area contributed by atoms with Gasteiger partial charge in [0.15, 0.2) is 0 Å². The van der Waals surface area contributed by atoms with E-state index in [2.05, 4.69) is 58.7 Å². The molecule has 0 bridgehead atoms. The van der Waals surface area contributed by atoms with Crippen molar-refractivity contribution in [3.05, 3.63) is 0 Å². The van der Waals surface area contributed by atoms with Gasteiger partial charge in [-0.1, -0.05) is 48.5 Å². The van der Waals surface area contributed by atoms with Gasteiger partial charge in [0.1, 0.15) is 0 Å². The molecule has 18 heavy (non-hydrogen) atoms. The molecule has 1 atom stereocenters. The van der Waals surface area contributed by atoms with E-state index in [0.29, 0.717) is 11.5 Å². The Morgan fingerprint density at radius 1 is 1.11 bits per heavy atom. The SMILES string of the molecule is CC(C)C(CN1CCNC(C(C)(C)C)C1)C(C)C. The first kappa shape index (κ1) is 16.0. The van der Waals surface area contributed by atoms with Gasteiger partial charge in [-0.05, 0) is 23.2 Å². The van der Waals surface area contributed by atoms with Crippen LogP contribution in [0, 0.1) is 23.2 Å². The first-order valence-corrected chi connectivity index (χ1v) is 7.67. The maximum Gasteiger partial charge on any atom is 0.0244 e. The molecular weight excluding hydrogens is 220 g/mol. The number of hydrogen-bond acceptors (Lipinski definition) is 2. The smallest absolute Gasteiger partial charge is 0.0244 e. The molecule has 0 aromatic heterocycles. The molecule has 0 saturated carbocycles. The van der Waals surface area contributed by atoms with E-state index in [1.54, 1.807) is 0 Å². The Morgan fingerprint density at radius 2 is 1.67 bits per heavy atom. The average molecular weight is 254 g/mol. The van der Waals surface area contributed by atoms with Crippen molar-refractivity contribution in [1.29, 1.82) is 0 Å². The Hall–Kier alpha value is -0.0800. The highest BCUT2D eigenvalue weighted by Crippen LogP contribution is 2.25. The third-order valence-electron chi connectivity index (χ3n) is 4.49. The lowest BCUT2D eigenvalue weighted by molar-refractivity contribution is 0.0974. The lowest BCUT2D eigenvalue weighted by Crippen LogP contribution is -2.56. The fourth-order valence-corrected chi connectivity index (χ4v) is 3.05. The third-order valence-corrected chi connectivity index (χ3v) is 4.49. The first-order chi connectivity index (χ1) is 8.21. The van der Waals surface area contributed by atoms with Crippen molar-refractivity contribution < 1.29 is 0 Å². The molecule has 0 aromatic carbocycles. The van der Waals surface area contributed by atoms with Gasteiger partial charge in [-0.15, -0.1) is 0 Å². The maximum absolute atomic E-state index is 3.68. The molecule has 2 heteroatoms. The fourth-order valence-electron chi connectivity index (χ4n) is 3.05. The van der Waals surface area contributed by atoms with E-state index < -0.39 is 0 Å². The normalized spacial score (nSPS) is 23.3. The largest absolute Gasteiger partial charge is 0.311 e. The van der Waals surface area contributed by atoms with Gasteiger partial charge < -0.3 is 10.2 Å². The molecule has 0 spiro atoms. The highest BCUT2D eigenvalue weighted by Gasteiger charge is 2.30. The van der Waals surface area contributed by atoms with Crippen molar-refractivity contribution in [2.45, 2.75) is 54.5 Å². The van der Waals surface area contributed by atoms with Gasteiger partial charge in [0.05, 0.1) is 0 Å². The lowest BCUT2D eigenvalue weighted by atomic mass is 9.83. The van der Waals surface area contributed by atoms with Gasteiger partial charge in [0.2, 0.25) is 0 Å². The summed E-state index contributed by atoms with van der Waals surface area (Å²) in [6.07, 6.45) is 0. The van der Waals surface area contributed by atoms with Gasteiger partial charge in [-0.3, -0.25) is 0 Å². The topological polar surface area (TPSA) is 15.3 Å². The Morgan fingerprint density at radius 3 is 2.11 bits per heavy atom. The van der Waals surface area contributed by atoms with E-state index in [1.807, 2.05) is 0 Å². The minimum absolute atomic E-state index is 0.365. The molecule has 2 nitrogen and oxygen atoms in total. The molecule has 0 radical (unpaired) electrons. The number of rotatable bonds is 4. The van der Waals surface area contributed by atoms with Gasteiger partial charge >= 0.3 is 0 Å². The van der Waals surface area contributed by atoms with Crippen LogP contribution >= 0.6 is 0 Å². The molecule has 1 unspecified atom stereocenters. The Balaban J connectivity index is 2.56. The molecule has 1 saturated heterocycles. The zero-order chi connectivity index (χ0) is 13.9. The predicted molar refractivity (Wildman–Crippen MR) is 80.9 cm³/mol. The van der Waals surface area contributed by atoms with E-state index in [1.165, 1.54) is 19.6 Å². The maximum atomic E-state index is 3.68. The summed E-state index contributed by atoms with van der Waals surface area (Å²) in [6, 6.07) is 0.631. The molecule has 1 rings (SSSR count).